The third-order valence-corrected chi connectivity index (χ3v) is 3.46. The van der Waals surface area contributed by atoms with Gasteiger partial charge in [-0.1, -0.05) is 15.9 Å². The Morgan fingerprint density at radius 1 is 1.14 bits per heavy atom. The van der Waals surface area contributed by atoms with Crippen molar-refractivity contribution in [2.75, 3.05) is 5.32 Å². The van der Waals surface area contributed by atoms with Crippen LogP contribution in [-0.2, 0) is 6.54 Å². The Morgan fingerprint density at radius 3 is 2.67 bits per heavy atom. The van der Waals surface area contributed by atoms with Gasteiger partial charge in [0.25, 0.3) is 0 Å². The van der Waals surface area contributed by atoms with Gasteiger partial charge in [0.2, 0.25) is 0 Å². The van der Waals surface area contributed by atoms with E-state index in [1.54, 1.807) is 16.8 Å². The van der Waals surface area contributed by atoms with E-state index in [9.17, 15) is 4.39 Å². The number of nitrogens with one attached hydrogen (secondary N) is 1. The zero-order chi connectivity index (χ0) is 14.7. The van der Waals surface area contributed by atoms with Crippen molar-refractivity contribution in [3.8, 4) is 5.69 Å². The molecule has 5 nitrogen and oxygen atoms in total. The van der Waals surface area contributed by atoms with Crippen molar-refractivity contribution in [1.82, 2.24) is 20.2 Å². The van der Waals surface area contributed by atoms with Crippen LogP contribution >= 0.6 is 15.9 Å². The van der Waals surface area contributed by atoms with Crippen molar-refractivity contribution in [2.24, 2.45) is 0 Å². The highest BCUT2D eigenvalue weighted by molar-refractivity contribution is 9.10. The van der Waals surface area contributed by atoms with Crippen LogP contribution in [0.4, 0.5) is 10.1 Å². The van der Waals surface area contributed by atoms with Crippen LogP contribution < -0.4 is 5.32 Å². The van der Waals surface area contributed by atoms with Gasteiger partial charge >= 0.3 is 0 Å². The molecule has 1 aromatic heterocycles. The highest BCUT2D eigenvalue weighted by Gasteiger charge is 2.03. The second kappa shape index (κ2) is 6.01. The first-order valence-corrected chi connectivity index (χ1v) is 7.03. The zero-order valence-corrected chi connectivity index (χ0v) is 12.5. The quantitative estimate of drug-likeness (QED) is 0.787. The summed E-state index contributed by atoms with van der Waals surface area (Å²) in [6.45, 7) is 0.412. The number of halogens is 2. The van der Waals surface area contributed by atoms with Crippen LogP contribution in [0.2, 0.25) is 0 Å². The van der Waals surface area contributed by atoms with Crippen molar-refractivity contribution >= 4 is 21.6 Å². The number of hydrogen-bond acceptors (Lipinski definition) is 4. The van der Waals surface area contributed by atoms with E-state index in [4.69, 9.17) is 0 Å². The van der Waals surface area contributed by atoms with Crippen LogP contribution in [-0.4, -0.2) is 20.2 Å². The molecule has 106 valence electrons. The van der Waals surface area contributed by atoms with Crippen molar-refractivity contribution < 1.29 is 4.39 Å². The van der Waals surface area contributed by atoms with E-state index in [1.807, 2.05) is 24.3 Å². The van der Waals surface area contributed by atoms with Crippen LogP contribution in [0.1, 0.15) is 5.56 Å². The van der Waals surface area contributed by atoms with Crippen molar-refractivity contribution in [3.63, 3.8) is 0 Å². The molecule has 0 unspecified atom stereocenters. The van der Waals surface area contributed by atoms with Gasteiger partial charge in [0, 0.05) is 22.3 Å². The Hall–Kier alpha value is -2.28. The van der Waals surface area contributed by atoms with E-state index < -0.39 is 0 Å². The molecule has 7 heteroatoms. The van der Waals surface area contributed by atoms with E-state index in [-0.39, 0.29) is 5.82 Å². The van der Waals surface area contributed by atoms with Gasteiger partial charge in [-0.15, -0.1) is 5.10 Å². The standard InChI is InChI=1S/C14H11BrFN5/c15-11-1-6-14(16)10(7-11)8-17-12-2-4-13(5-3-12)21-9-18-19-20-21/h1-7,9,17H,8H2. The number of benzene rings is 2. The van der Waals surface area contributed by atoms with Crippen molar-refractivity contribution in [1.29, 1.82) is 0 Å². The summed E-state index contributed by atoms with van der Waals surface area (Å²) in [5, 5.41) is 14.2. The monoisotopic (exact) mass is 347 g/mol. The Bertz CT molecular complexity index is 728. The lowest BCUT2D eigenvalue weighted by Gasteiger charge is -2.08. The summed E-state index contributed by atoms with van der Waals surface area (Å²) >= 11 is 3.34. The average Bonchev–Trinajstić information content (AvgIpc) is 3.03. The topological polar surface area (TPSA) is 55.6 Å². The van der Waals surface area contributed by atoms with Crippen LogP contribution in [0, 0.1) is 5.82 Å². The predicted molar refractivity (Wildman–Crippen MR) is 80.6 cm³/mol. The minimum Gasteiger partial charge on any atom is -0.381 e. The molecule has 0 aliphatic heterocycles. The summed E-state index contributed by atoms with van der Waals surface area (Å²) in [4.78, 5) is 0. The van der Waals surface area contributed by atoms with Gasteiger partial charge in [0.1, 0.15) is 12.1 Å². The first-order chi connectivity index (χ1) is 10.2. The van der Waals surface area contributed by atoms with Crippen LogP contribution in [0.25, 0.3) is 5.69 Å². The molecule has 0 amide bonds. The molecule has 0 spiro atoms. The van der Waals surface area contributed by atoms with Gasteiger partial charge in [-0.25, -0.2) is 9.07 Å². The lowest BCUT2D eigenvalue weighted by atomic mass is 10.2. The minimum atomic E-state index is -0.226. The number of anilines is 1. The fourth-order valence-electron chi connectivity index (χ4n) is 1.89. The number of nitrogens with zero attached hydrogens (tertiary/aromatic N) is 4. The second-order valence-corrected chi connectivity index (χ2v) is 5.31. The molecule has 3 aromatic rings. The van der Waals surface area contributed by atoms with Gasteiger partial charge in [-0.3, -0.25) is 0 Å². The van der Waals surface area contributed by atoms with E-state index in [1.165, 1.54) is 12.4 Å². The molecule has 1 N–H and O–H groups in total. The molecule has 0 saturated heterocycles. The second-order valence-electron chi connectivity index (χ2n) is 4.39. The van der Waals surface area contributed by atoms with Crippen molar-refractivity contribution in [2.45, 2.75) is 6.54 Å². The first kappa shape index (κ1) is 13.7. The van der Waals surface area contributed by atoms with Gasteiger partial charge < -0.3 is 5.32 Å². The normalized spacial score (nSPS) is 10.6. The van der Waals surface area contributed by atoms with Crippen molar-refractivity contribution in [3.05, 3.63) is 64.6 Å². The molecule has 0 bridgehead atoms. The maximum atomic E-state index is 13.6. The lowest BCUT2D eigenvalue weighted by Crippen LogP contribution is -2.02. The summed E-state index contributed by atoms with van der Waals surface area (Å²) in [7, 11) is 0. The molecule has 0 aliphatic carbocycles. The van der Waals surface area contributed by atoms with E-state index in [0.717, 1.165) is 15.8 Å². The van der Waals surface area contributed by atoms with Gasteiger partial charge in [-0.2, -0.15) is 0 Å². The maximum absolute atomic E-state index is 13.6. The molecule has 1 heterocycles. The number of tetrazole rings is 1. The summed E-state index contributed by atoms with van der Waals surface area (Å²) in [6, 6.07) is 12.4. The fraction of sp³-hybridized carbons (Fsp3) is 0.0714. The van der Waals surface area contributed by atoms with Gasteiger partial charge in [-0.05, 0) is 52.9 Å². The van der Waals surface area contributed by atoms with Crippen LogP contribution in [0.3, 0.4) is 0 Å². The van der Waals surface area contributed by atoms with E-state index in [0.29, 0.717) is 12.1 Å². The summed E-state index contributed by atoms with van der Waals surface area (Å²) in [5.74, 6) is -0.226. The fourth-order valence-corrected chi connectivity index (χ4v) is 2.30. The Balaban J connectivity index is 1.70. The number of aromatic nitrogens is 4. The third kappa shape index (κ3) is 3.25. The molecule has 0 aliphatic rings. The molecule has 2 aromatic carbocycles. The highest BCUT2D eigenvalue weighted by Crippen LogP contribution is 2.18. The predicted octanol–water partition coefficient (Wildman–Crippen LogP) is 3.18. The molecular weight excluding hydrogens is 337 g/mol. The Kier molecular flexibility index (Phi) is 3.92. The molecule has 3 rings (SSSR count). The minimum absolute atomic E-state index is 0.226. The van der Waals surface area contributed by atoms with Crippen LogP contribution in [0.5, 0.6) is 0 Å². The molecule has 0 radical (unpaired) electrons. The molecule has 0 atom stereocenters. The number of rotatable bonds is 4. The highest BCUT2D eigenvalue weighted by atomic mass is 79.9. The molecule has 0 fully saturated rings. The average molecular weight is 348 g/mol. The van der Waals surface area contributed by atoms with Gasteiger partial charge in [0.05, 0.1) is 5.69 Å². The van der Waals surface area contributed by atoms with Gasteiger partial charge in [0.15, 0.2) is 0 Å². The number of hydrogen-bond donors (Lipinski definition) is 1. The van der Waals surface area contributed by atoms with E-state index >= 15 is 0 Å². The zero-order valence-electron chi connectivity index (χ0n) is 10.9. The Labute approximate surface area is 128 Å². The molecule has 0 saturated carbocycles. The molecular formula is C14H11BrFN5. The largest absolute Gasteiger partial charge is 0.381 e. The summed E-state index contributed by atoms with van der Waals surface area (Å²) in [6.07, 6.45) is 1.53. The van der Waals surface area contributed by atoms with E-state index in [2.05, 4.69) is 36.8 Å². The lowest BCUT2D eigenvalue weighted by molar-refractivity contribution is 0.612. The Morgan fingerprint density at radius 2 is 1.95 bits per heavy atom. The smallest absolute Gasteiger partial charge is 0.143 e. The summed E-state index contributed by atoms with van der Waals surface area (Å²) in [5.41, 5.74) is 2.36. The molecule has 21 heavy (non-hydrogen) atoms. The van der Waals surface area contributed by atoms with Crippen LogP contribution in [0.15, 0.2) is 53.3 Å². The summed E-state index contributed by atoms with van der Waals surface area (Å²) < 4.78 is 16.1. The third-order valence-electron chi connectivity index (χ3n) is 2.97. The SMILES string of the molecule is Fc1ccc(Br)cc1CNc1ccc(-n2cnnn2)cc1. The first-order valence-electron chi connectivity index (χ1n) is 6.23. The maximum Gasteiger partial charge on any atom is 0.143 e.